The third kappa shape index (κ3) is 2.20. The minimum absolute atomic E-state index is 0.735. The van der Waals surface area contributed by atoms with Gasteiger partial charge in [-0.2, -0.15) is 5.26 Å². The molecule has 0 fully saturated rings. The van der Waals surface area contributed by atoms with Gasteiger partial charge in [0.25, 0.3) is 0 Å². The van der Waals surface area contributed by atoms with Crippen LogP contribution in [0.4, 0.5) is 5.69 Å². The maximum absolute atomic E-state index is 8.93. The molecule has 0 saturated carbocycles. The van der Waals surface area contributed by atoms with Gasteiger partial charge in [-0.15, -0.1) is 0 Å². The second-order valence-corrected chi connectivity index (χ2v) is 5.05. The number of hydrogen-bond donors (Lipinski definition) is 0. The van der Waals surface area contributed by atoms with Crippen molar-refractivity contribution in [1.29, 1.82) is 5.26 Å². The third-order valence-electron chi connectivity index (χ3n) is 3.80. The summed E-state index contributed by atoms with van der Waals surface area (Å²) in [6.45, 7) is 4.09. The minimum atomic E-state index is 0.735. The lowest BCUT2D eigenvalue weighted by Crippen LogP contribution is -2.30. The lowest BCUT2D eigenvalue weighted by molar-refractivity contribution is 0.729. The first-order valence-corrected chi connectivity index (χ1v) is 6.60. The van der Waals surface area contributed by atoms with E-state index in [1.165, 1.54) is 22.4 Å². The fraction of sp³-hybridized carbons (Fsp3) is 0.235. The summed E-state index contributed by atoms with van der Waals surface area (Å²) in [5.41, 5.74) is 6.04. The van der Waals surface area contributed by atoms with E-state index in [0.29, 0.717) is 0 Å². The second-order valence-electron chi connectivity index (χ2n) is 5.05. The fourth-order valence-corrected chi connectivity index (χ4v) is 2.78. The molecule has 2 heteroatoms. The Morgan fingerprint density at radius 1 is 1.11 bits per heavy atom. The smallest absolute Gasteiger partial charge is 0.0991 e. The van der Waals surface area contributed by atoms with E-state index in [1.807, 2.05) is 12.1 Å². The van der Waals surface area contributed by atoms with Crippen molar-refractivity contribution in [1.82, 2.24) is 0 Å². The molecule has 2 aromatic rings. The van der Waals surface area contributed by atoms with E-state index in [1.54, 1.807) is 0 Å². The van der Waals surface area contributed by atoms with E-state index in [2.05, 4.69) is 48.2 Å². The number of nitrogens with zero attached hydrogens (tertiary/aromatic N) is 2. The Balaban J connectivity index is 1.91. The van der Waals surface area contributed by atoms with Crippen LogP contribution in [0.1, 0.15) is 22.3 Å². The van der Waals surface area contributed by atoms with Crippen LogP contribution in [0.5, 0.6) is 0 Å². The first kappa shape index (κ1) is 11.8. The molecule has 2 nitrogen and oxygen atoms in total. The van der Waals surface area contributed by atoms with Crippen LogP contribution in [0.15, 0.2) is 42.5 Å². The van der Waals surface area contributed by atoms with Gasteiger partial charge >= 0.3 is 0 Å². The molecule has 1 heterocycles. The highest BCUT2D eigenvalue weighted by molar-refractivity contribution is 5.57. The number of hydrogen-bond acceptors (Lipinski definition) is 2. The lowest BCUT2D eigenvalue weighted by atomic mass is 9.98. The SMILES string of the molecule is Cc1cc(C#N)ccc1N1CCc2ccccc2C1. The van der Waals surface area contributed by atoms with Crippen LogP contribution in [-0.2, 0) is 13.0 Å². The molecule has 0 bridgehead atoms. The van der Waals surface area contributed by atoms with E-state index in [9.17, 15) is 0 Å². The largest absolute Gasteiger partial charge is 0.367 e. The van der Waals surface area contributed by atoms with Crippen LogP contribution in [0.2, 0.25) is 0 Å². The van der Waals surface area contributed by atoms with Crippen molar-refractivity contribution in [2.75, 3.05) is 11.4 Å². The summed E-state index contributed by atoms with van der Waals surface area (Å²) in [5, 5.41) is 8.93. The summed E-state index contributed by atoms with van der Waals surface area (Å²) in [6.07, 6.45) is 1.09. The molecule has 94 valence electrons. The zero-order valence-corrected chi connectivity index (χ0v) is 11.1. The number of fused-ring (bicyclic) bond motifs is 1. The van der Waals surface area contributed by atoms with Crippen LogP contribution in [-0.4, -0.2) is 6.54 Å². The maximum atomic E-state index is 8.93. The van der Waals surface area contributed by atoms with Gasteiger partial charge in [0.15, 0.2) is 0 Å². The summed E-state index contributed by atoms with van der Waals surface area (Å²) in [4.78, 5) is 2.40. The Kier molecular flexibility index (Phi) is 2.97. The molecule has 2 aromatic carbocycles. The van der Waals surface area contributed by atoms with Crippen molar-refractivity contribution >= 4 is 5.69 Å². The summed E-state index contributed by atoms with van der Waals surface area (Å²) < 4.78 is 0. The summed E-state index contributed by atoms with van der Waals surface area (Å²) in [6, 6.07) is 16.8. The Bertz CT molecular complexity index is 653. The van der Waals surface area contributed by atoms with Gasteiger partial charge in [-0.1, -0.05) is 24.3 Å². The molecule has 0 unspecified atom stereocenters. The van der Waals surface area contributed by atoms with Crippen LogP contribution < -0.4 is 4.90 Å². The molecule has 1 aliphatic heterocycles. The number of rotatable bonds is 1. The number of benzene rings is 2. The van der Waals surface area contributed by atoms with Gasteiger partial charge in [0.05, 0.1) is 11.6 Å². The van der Waals surface area contributed by atoms with Crippen molar-refractivity contribution in [3.05, 3.63) is 64.7 Å². The quantitative estimate of drug-likeness (QED) is 0.773. The Hall–Kier alpha value is -2.27. The molecule has 0 aliphatic carbocycles. The van der Waals surface area contributed by atoms with E-state index < -0.39 is 0 Å². The predicted octanol–water partition coefficient (Wildman–Crippen LogP) is 3.43. The summed E-state index contributed by atoms with van der Waals surface area (Å²) in [5.74, 6) is 0. The minimum Gasteiger partial charge on any atom is -0.367 e. The summed E-state index contributed by atoms with van der Waals surface area (Å²) >= 11 is 0. The number of aryl methyl sites for hydroxylation is 1. The third-order valence-corrected chi connectivity index (χ3v) is 3.80. The molecule has 0 aromatic heterocycles. The second kappa shape index (κ2) is 4.78. The highest BCUT2D eigenvalue weighted by Gasteiger charge is 2.17. The zero-order valence-electron chi connectivity index (χ0n) is 11.1. The van der Waals surface area contributed by atoms with Gasteiger partial charge in [0.1, 0.15) is 0 Å². The Morgan fingerprint density at radius 2 is 1.89 bits per heavy atom. The zero-order chi connectivity index (χ0) is 13.2. The van der Waals surface area contributed by atoms with Gasteiger partial charge in [0.2, 0.25) is 0 Å². The molecular formula is C17H16N2. The maximum Gasteiger partial charge on any atom is 0.0991 e. The first-order chi connectivity index (χ1) is 9.28. The molecule has 0 spiro atoms. The lowest BCUT2D eigenvalue weighted by Gasteiger charge is -2.31. The van der Waals surface area contributed by atoms with E-state index in [-0.39, 0.29) is 0 Å². The van der Waals surface area contributed by atoms with Gasteiger partial charge in [0, 0.05) is 18.8 Å². The predicted molar refractivity (Wildman–Crippen MR) is 77.1 cm³/mol. The fourth-order valence-electron chi connectivity index (χ4n) is 2.78. The standard InChI is InChI=1S/C17H16N2/c1-13-10-14(11-18)6-7-17(13)19-9-8-15-4-2-3-5-16(15)12-19/h2-7,10H,8-9,12H2,1H3. The van der Waals surface area contributed by atoms with Crippen LogP contribution >= 0.6 is 0 Å². The molecule has 0 amide bonds. The van der Waals surface area contributed by atoms with Crippen molar-refractivity contribution < 1.29 is 0 Å². The topological polar surface area (TPSA) is 27.0 Å². The number of nitriles is 1. The normalized spacial score (nSPS) is 13.8. The average Bonchev–Trinajstić information content (AvgIpc) is 2.46. The van der Waals surface area contributed by atoms with Crippen LogP contribution in [0.25, 0.3) is 0 Å². The monoisotopic (exact) mass is 248 g/mol. The molecule has 3 rings (SSSR count). The van der Waals surface area contributed by atoms with Crippen molar-refractivity contribution in [2.24, 2.45) is 0 Å². The molecule has 0 saturated heterocycles. The Labute approximate surface area is 113 Å². The highest BCUT2D eigenvalue weighted by atomic mass is 15.1. The van der Waals surface area contributed by atoms with Crippen molar-refractivity contribution in [2.45, 2.75) is 19.9 Å². The average molecular weight is 248 g/mol. The van der Waals surface area contributed by atoms with Crippen molar-refractivity contribution in [3.63, 3.8) is 0 Å². The molecule has 1 aliphatic rings. The Morgan fingerprint density at radius 3 is 2.63 bits per heavy atom. The van der Waals surface area contributed by atoms with Crippen molar-refractivity contribution in [3.8, 4) is 6.07 Å². The van der Waals surface area contributed by atoms with Gasteiger partial charge < -0.3 is 4.90 Å². The van der Waals surface area contributed by atoms with E-state index >= 15 is 0 Å². The number of anilines is 1. The van der Waals surface area contributed by atoms with E-state index in [4.69, 9.17) is 5.26 Å². The van der Waals surface area contributed by atoms with E-state index in [0.717, 1.165) is 25.1 Å². The van der Waals surface area contributed by atoms with Crippen LogP contribution in [0, 0.1) is 18.3 Å². The highest BCUT2D eigenvalue weighted by Crippen LogP contribution is 2.27. The molecule has 0 radical (unpaired) electrons. The van der Waals surface area contributed by atoms with Crippen LogP contribution in [0.3, 0.4) is 0 Å². The van der Waals surface area contributed by atoms with Gasteiger partial charge in [-0.3, -0.25) is 0 Å². The first-order valence-electron chi connectivity index (χ1n) is 6.60. The molecule has 0 atom stereocenters. The molecule has 19 heavy (non-hydrogen) atoms. The van der Waals surface area contributed by atoms with Gasteiger partial charge in [-0.25, -0.2) is 0 Å². The molecular weight excluding hydrogens is 232 g/mol. The van der Waals surface area contributed by atoms with Gasteiger partial charge in [-0.05, 0) is 48.2 Å². The summed E-state index contributed by atoms with van der Waals surface area (Å²) in [7, 11) is 0. The molecule has 0 N–H and O–H groups in total.